The predicted octanol–water partition coefficient (Wildman–Crippen LogP) is 4.75. The minimum absolute atomic E-state index is 0.427. The summed E-state index contributed by atoms with van der Waals surface area (Å²) in [5.41, 5.74) is 2.43. The summed E-state index contributed by atoms with van der Waals surface area (Å²) in [6.45, 7) is 6.80. The van der Waals surface area contributed by atoms with Gasteiger partial charge in [-0.1, -0.05) is 59.6 Å². The van der Waals surface area contributed by atoms with Gasteiger partial charge in [0.15, 0.2) is 5.11 Å². The average molecular weight is 408 g/mol. The molecular formula is C20H23Cl2N3S. The van der Waals surface area contributed by atoms with Gasteiger partial charge >= 0.3 is 0 Å². The molecule has 1 fully saturated rings. The number of nitrogens with one attached hydrogen (secondary N) is 1. The van der Waals surface area contributed by atoms with Crippen LogP contribution in [0.3, 0.4) is 0 Å². The molecule has 1 N–H and O–H groups in total. The van der Waals surface area contributed by atoms with E-state index in [0.29, 0.717) is 22.6 Å². The molecule has 1 heterocycles. The normalized spacial score (nSPS) is 16.3. The van der Waals surface area contributed by atoms with Crippen molar-refractivity contribution < 1.29 is 0 Å². The highest BCUT2D eigenvalue weighted by Crippen LogP contribution is 2.23. The van der Waals surface area contributed by atoms with Crippen molar-refractivity contribution in [2.45, 2.75) is 19.5 Å². The van der Waals surface area contributed by atoms with Crippen LogP contribution in [0.15, 0.2) is 48.5 Å². The molecule has 0 saturated carbocycles. The monoisotopic (exact) mass is 407 g/mol. The van der Waals surface area contributed by atoms with E-state index in [4.69, 9.17) is 35.4 Å². The zero-order chi connectivity index (χ0) is 18.5. The van der Waals surface area contributed by atoms with Crippen molar-refractivity contribution in [2.75, 3.05) is 26.2 Å². The highest BCUT2D eigenvalue weighted by Gasteiger charge is 2.23. The molecule has 2 aromatic rings. The molecule has 1 saturated heterocycles. The van der Waals surface area contributed by atoms with Crippen LogP contribution in [0.4, 0.5) is 0 Å². The molecule has 2 aromatic carbocycles. The summed E-state index contributed by atoms with van der Waals surface area (Å²) in [7, 11) is 0. The van der Waals surface area contributed by atoms with Gasteiger partial charge in [0.05, 0.1) is 10.0 Å². The number of nitrogens with zero attached hydrogens (tertiary/aromatic N) is 2. The minimum atomic E-state index is 0.427. The highest BCUT2D eigenvalue weighted by molar-refractivity contribution is 7.80. The van der Waals surface area contributed by atoms with Gasteiger partial charge in [-0.2, -0.15) is 0 Å². The van der Waals surface area contributed by atoms with Crippen molar-refractivity contribution in [1.29, 1.82) is 0 Å². The van der Waals surface area contributed by atoms with Crippen LogP contribution in [0.5, 0.6) is 0 Å². The summed E-state index contributed by atoms with van der Waals surface area (Å²) in [6, 6.07) is 16.7. The smallest absolute Gasteiger partial charge is 0.169 e. The lowest BCUT2D eigenvalue weighted by atomic mass is 10.1. The summed E-state index contributed by atoms with van der Waals surface area (Å²) in [5, 5.41) is 5.26. The second-order valence-electron chi connectivity index (χ2n) is 6.52. The van der Waals surface area contributed by atoms with Crippen molar-refractivity contribution in [1.82, 2.24) is 15.1 Å². The van der Waals surface area contributed by atoms with E-state index in [2.05, 4.69) is 52.4 Å². The zero-order valence-electron chi connectivity index (χ0n) is 14.8. The maximum absolute atomic E-state index is 6.07. The maximum Gasteiger partial charge on any atom is 0.169 e. The second-order valence-corrected chi connectivity index (χ2v) is 7.72. The molecule has 0 bridgehead atoms. The Morgan fingerprint density at radius 1 is 1.04 bits per heavy atom. The summed E-state index contributed by atoms with van der Waals surface area (Å²) in [6.07, 6.45) is 0. The van der Waals surface area contributed by atoms with Crippen molar-refractivity contribution in [2.24, 2.45) is 0 Å². The van der Waals surface area contributed by atoms with Gasteiger partial charge < -0.3 is 10.2 Å². The summed E-state index contributed by atoms with van der Waals surface area (Å²) >= 11 is 17.6. The number of hydrogen-bond acceptors (Lipinski definition) is 2. The lowest BCUT2D eigenvalue weighted by Gasteiger charge is -2.39. The predicted molar refractivity (Wildman–Crippen MR) is 114 cm³/mol. The van der Waals surface area contributed by atoms with Gasteiger partial charge in [0, 0.05) is 38.8 Å². The van der Waals surface area contributed by atoms with Crippen molar-refractivity contribution in [3.05, 3.63) is 69.7 Å². The van der Waals surface area contributed by atoms with E-state index in [0.717, 1.165) is 36.9 Å². The molecule has 0 aliphatic carbocycles. The second kappa shape index (κ2) is 9.05. The Kier molecular flexibility index (Phi) is 6.76. The van der Waals surface area contributed by atoms with Crippen molar-refractivity contribution in [3.63, 3.8) is 0 Å². The molecule has 0 amide bonds. The topological polar surface area (TPSA) is 18.5 Å². The summed E-state index contributed by atoms with van der Waals surface area (Å²) in [4.78, 5) is 4.74. The minimum Gasteiger partial charge on any atom is -0.358 e. The Labute approximate surface area is 170 Å². The molecule has 6 heteroatoms. The van der Waals surface area contributed by atoms with Gasteiger partial charge in [-0.3, -0.25) is 4.90 Å². The van der Waals surface area contributed by atoms with E-state index < -0.39 is 0 Å². The van der Waals surface area contributed by atoms with Crippen molar-refractivity contribution in [3.8, 4) is 0 Å². The molecule has 0 aromatic heterocycles. The quantitative estimate of drug-likeness (QED) is 0.736. The Hall–Kier alpha value is -1.33. The standard InChI is InChI=1S/C20H23Cl2N3S/c1-15(17-5-3-2-4-6-17)24-9-11-25(12-10-24)20(26)23-14-16-7-8-18(21)19(22)13-16/h2-8,13,15H,9-12,14H2,1H3,(H,23,26). The molecule has 1 atom stereocenters. The van der Waals surface area contributed by atoms with Crippen LogP contribution in [-0.2, 0) is 6.54 Å². The Morgan fingerprint density at radius 3 is 2.38 bits per heavy atom. The zero-order valence-corrected chi connectivity index (χ0v) is 17.1. The van der Waals surface area contributed by atoms with E-state index in [1.165, 1.54) is 5.56 Å². The van der Waals surface area contributed by atoms with Crippen LogP contribution >= 0.6 is 35.4 Å². The molecule has 0 radical (unpaired) electrons. The largest absolute Gasteiger partial charge is 0.358 e. The molecule has 138 valence electrons. The van der Waals surface area contributed by atoms with Crippen LogP contribution in [0.2, 0.25) is 10.0 Å². The van der Waals surface area contributed by atoms with Crippen LogP contribution in [0.1, 0.15) is 24.1 Å². The van der Waals surface area contributed by atoms with Crippen LogP contribution in [0.25, 0.3) is 0 Å². The number of hydrogen-bond donors (Lipinski definition) is 1. The first-order valence-electron chi connectivity index (χ1n) is 8.80. The number of halogens is 2. The fraction of sp³-hybridized carbons (Fsp3) is 0.350. The highest BCUT2D eigenvalue weighted by atomic mass is 35.5. The first kappa shape index (κ1) is 19.4. The van der Waals surface area contributed by atoms with E-state index in [-0.39, 0.29) is 0 Å². The third kappa shape index (κ3) is 4.89. The number of benzene rings is 2. The molecule has 1 unspecified atom stereocenters. The third-order valence-corrected chi connectivity index (χ3v) is 6.00. The van der Waals surface area contributed by atoms with Gasteiger partial charge in [0.2, 0.25) is 0 Å². The molecule has 26 heavy (non-hydrogen) atoms. The van der Waals surface area contributed by atoms with Gasteiger partial charge in [0.25, 0.3) is 0 Å². The Balaban J connectivity index is 1.48. The lowest BCUT2D eigenvalue weighted by Crippen LogP contribution is -2.51. The van der Waals surface area contributed by atoms with E-state index in [1.54, 1.807) is 0 Å². The molecule has 0 spiro atoms. The molecule has 1 aliphatic heterocycles. The van der Waals surface area contributed by atoms with Gasteiger partial charge in [-0.25, -0.2) is 0 Å². The van der Waals surface area contributed by atoms with Gasteiger partial charge in [-0.15, -0.1) is 0 Å². The van der Waals surface area contributed by atoms with Gasteiger partial charge in [-0.05, 0) is 42.4 Å². The average Bonchev–Trinajstić information content (AvgIpc) is 2.69. The third-order valence-electron chi connectivity index (χ3n) is 4.86. The maximum atomic E-state index is 6.07. The van der Waals surface area contributed by atoms with Crippen LogP contribution in [0, 0.1) is 0 Å². The van der Waals surface area contributed by atoms with Crippen molar-refractivity contribution >= 4 is 40.5 Å². The SMILES string of the molecule is CC(c1ccccc1)N1CCN(C(=S)NCc2ccc(Cl)c(Cl)c2)CC1. The van der Waals surface area contributed by atoms with Crippen LogP contribution in [-0.4, -0.2) is 41.1 Å². The summed E-state index contributed by atoms with van der Waals surface area (Å²) in [5.74, 6) is 0. The summed E-state index contributed by atoms with van der Waals surface area (Å²) < 4.78 is 0. The van der Waals surface area contributed by atoms with Crippen LogP contribution < -0.4 is 5.32 Å². The van der Waals surface area contributed by atoms with E-state index in [9.17, 15) is 0 Å². The first-order valence-corrected chi connectivity index (χ1v) is 9.96. The van der Waals surface area contributed by atoms with Gasteiger partial charge in [0.1, 0.15) is 0 Å². The molecule has 3 nitrogen and oxygen atoms in total. The number of rotatable bonds is 4. The number of piperazine rings is 1. The molecule has 3 rings (SSSR count). The molecular weight excluding hydrogens is 385 g/mol. The Bertz CT molecular complexity index is 746. The number of thiocarbonyl (C=S) groups is 1. The van der Waals surface area contributed by atoms with E-state index in [1.807, 2.05) is 18.2 Å². The van der Waals surface area contributed by atoms with E-state index >= 15 is 0 Å². The Morgan fingerprint density at radius 2 is 1.73 bits per heavy atom. The lowest BCUT2D eigenvalue weighted by molar-refractivity contribution is 0.140. The fourth-order valence-electron chi connectivity index (χ4n) is 3.19. The fourth-order valence-corrected chi connectivity index (χ4v) is 3.77. The first-order chi connectivity index (χ1) is 12.5. The molecule has 1 aliphatic rings.